The van der Waals surface area contributed by atoms with Crippen LogP contribution in [0.4, 0.5) is 0 Å². The Morgan fingerprint density at radius 2 is 1.77 bits per heavy atom. The van der Waals surface area contributed by atoms with Crippen molar-refractivity contribution in [2.75, 3.05) is 52.8 Å². The van der Waals surface area contributed by atoms with Crippen molar-refractivity contribution in [1.82, 2.24) is 19.8 Å². The van der Waals surface area contributed by atoms with Gasteiger partial charge in [0, 0.05) is 31.6 Å². The molecule has 0 radical (unpaired) electrons. The van der Waals surface area contributed by atoms with Crippen molar-refractivity contribution < 1.29 is 19.0 Å². The summed E-state index contributed by atoms with van der Waals surface area (Å²) in [7, 11) is 3.27. The molecule has 0 aliphatic carbocycles. The lowest BCUT2D eigenvalue weighted by Gasteiger charge is -2.29. The molecule has 1 amide bonds. The molecule has 8 nitrogen and oxygen atoms in total. The monoisotopic (exact) mass is 494 g/mol. The number of ether oxygens (including phenoxy) is 3. The van der Waals surface area contributed by atoms with Crippen LogP contribution in [0.25, 0.3) is 10.9 Å². The Morgan fingerprint density at radius 3 is 2.54 bits per heavy atom. The van der Waals surface area contributed by atoms with E-state index in [1.807, 2.05) is 41.3 Å². The van der Waals surface area contributed by atoms with E-state index in [-0.39, 0.29) is 5.91 Å². The van der Waals surface area contributed by atoms with E-state index in [1.54, 1.807) is 14.2 Å². The summed E-state index contributed by atoms with van der Waals surface area (Å²) >= 11 is 1.49. The fourth-order valence-electron chi connectivity index (χ4n) is 4.55. The highest BCUT2D eigenvalue weighted by molar-refractivity contribution is 8.00. The van der Waals surface area contributed by atoms with Crippen molar-refractivity contribution in [1.29, 1.82) is 0 Å². The molecule has 0 bridgehead atoms. The quantitative estimate of drug-likeness (QED) is 0.366. The summed E-state index contributed by atoms with van der Waals surface area (Å²) < 4.78 is 16.3. The van der Waals surface area contributed by atoms with E-state index in [2.05, 4.69) is 4.90 Å². The summed E-state index contributed by atoms with van der Waals surface area (Å²) in [4.78, 5) is 27.0. The highest BCUT2D eigenvalue weighted by Gasteiger charge is 2.23. The number of nitrogens with zero attached hydrogens (tertiary/aromatic N) is 4. The van der Waals surface area contributed by atoms with Gasteiger partial charge in [0.1, 0.15) is 10.9 Å². The van der Waals surface area contributed by atoms with Crippen molar-refractivity contribution in [2.24, 2.45) is 0 Å². The van der Waals surface area contributed by atoms with Crippen molar-refractivity contribution in [2.45, 2.75) is 24.5 Å². The van der Waals surface area contributed by atoms with E-state index in [0.29, 0.717) is 31.1 Å². The number of amides is 1. The summed E-state index contributed by atoms with van der Waals surface area (Å²) in [6, 6.07) is 12.0. The topological polar surface area (TPSA) is 77.0 Å². The lowest BCUT2D eigenvalue weighted by atomic mass is 9.99. The van der Waals surface area contributed by atoms with E-state index in [9.17, 15) is 4.79 Å². The highest BCUT2D eigenvalue weighted by atomic mass is 32.2. The molecule has 9 heteroatoms. The van der Waals surface area contributed by atoms with Crippen molar-refractivity contribution in [3.8, 4) is 11.5 Å². The van der Waals surface area contributed by atoms with Crippen LogP contribution in [-0.2, 0) is 29.0 Å². The zero-order chi connectivity index (χ0) is 24.2. The molecule has 1 saturated heterocycles. The van der Waals surface area contributed by atoms with Gasteiger partial charge in [0.15, 0.2) is 11.5 Å². The minimum absolute atomic E-state index is 0.104. The van der Waals surface area contributed by atoms with E-state index < -0.39 is 0 Å². The molecule has 5 rings (SSSR count). The van der Waals surface area contributed by atoms with Gasteiger partial charge in [-0.05, 0) is 35.7 Å². The SMILES string of the molecule is COc1cc2c(cc1OC)CN(C(=O)CSc1nc(CN3CCOCC3)nc3ccccc13)CC2. The van der Waals surface area contributed by atoms with Crippen LogP contribution in [0.3, 0.4) is 0 Å². The summed E-state index contributed by atoms with van der Waals surface area (Å²) in [5.41, 5.74) is 3.22. The molecule has 35 heavy (non-hydrogen) atoms. The number of carbonyl (C=O) groups excluding carboxylic acids is 1. The molecule has 0 unspecified atom stereocenters. The van der Waals surface area contributed by atoms with Crippen LogP contribution in [0.2, 0.25) is 0 Å². The van der Waals surface area contributed by atoms with Gasteiger partial charge in [-0.1, -0.05) is 30.0 Å². The van der Waals surface area contributed by atoms with Gasteiger partial charge in [0.05, 0.1) is 45.2 Å². The number of methoxy groups -OCH3 is 2. The summed E-state index contributed by atoms with van der Waals surface area (Å²) in [6.07, 6.45) is 0.798. The van der Waals surface area contributed by atoms with Gasteiger partial charge in [-0.3, -0.25) is 9.69 Å². The number of aromatic nitrogens is 2. The zero-order valence-electron chi connectivity index (χ0n) is 20.2. The second-order valence-electron chi connectivity index (χ2n) is 8.68. The van der Waals surface area contributed by atoms with E-state index in [4.69, 9.17) is 24.2 Å². The van der Waals surface area contributed by atoms with Crippen LogP contribution in [0.15, 0.2) is 41.4 Å². The molecule has 3 heterocycles. The number of benzene rings is 2. The van der Waals surface area contributed by atoms with E-state index in [1.165, 1.54) is 17.3 Å². The van der Waals surface area contributed by atoms with E-state index >= 15 is 0 Å². The first-order valence-electron chi connectivity index (χ1n) is 11.8. The predicted octanol–water partition coefficient (Wildman–Crippen LogP) is 3.16. The summed E-state index contributed by atoms with van der Waals surface area (Å²) in [5.74, 6) is 2.64. The molecule has 1 fully saturated rings. The second-order valence-corrected chi connectivity index (χ2v) is 9.64. The molecule has 184 valence electrons. The summed E-state index contributed by atoms with van der Waals surface area (Å²) in [6.45, 7) is 5.18. The Labute approximate surface area is 209 Å². The van der Waals surface area contributed by atoms with Gasteiger partial charge in [0.2, 0.25) is 5.91 Å². The third kappa shape index (κ3) is 5.37. The lowest BCUT2D eigenvalue weighted by Crippen LogP contribution is -2.37. The highest BCUT2D eigenvalue weighted by Crippen LogP contribution is 2.34. The maximum Gasteiger partial charge on any atom is 0.233 e. The van der Waals surface area contributed by atoms with Gasteiger partial charge >= 0.3 is 0 Å². The first-order valence-corrected chi connectivity index (χ1v) is 12.8. The fourth-order valence-corrected chi connectivity index (χ4v) is 5.49. The third-order valence-electron chi connectivity index (χ3n) is 6.49. The Morgan fingerprint density at radius 1 is 1.03 bits per heavy atom. The van der Waals surface area contributed by atoms with E-state index in [0.717, 1.165) is 65.8 Å². The molecule has 2 aromatic carbocycles. The van der Waals surface area contributed by atoms with Crippen LogP contribution in [0.1, 0.15) is 17.0 Å². The number of para-hydroxylation sites is 1. The minimum Gasteiger partial charge on any atom is -0.493 e. The molecule has 0 N–H and O–H groups in total. The fraction of sp³-hybridized carbons (Fsp3) is 0.423. The van der Waals surface area contributed by atoms with Gasteiger partial charge in [-0.15, -0.1) is 0 Å². The summed E-state index contributed by atoms with van der Waals surface area (Å²) in [5, 5.41) is 1.84. The first kappa shape index (κ1) is 23.8. The number of rotatable bonds is 7. The Balaban J connectivity index is 1.29. The average molecular weight is 495 g/mol. The predicted molar refractivity (Wildman–Crippen MR) is 135 cm³/mol. The van der Waals surface area contributed by atoms with Gasteiger partial charge < -0.3 is 19.1 Å². The van der Waals surface area contributed by atoms with Crippen LogP contribution in [0, 0.1) is 0 Å². The van der Waals surface area contributed by atoms with Gasteiger partial charge in [-0.25, -0.2) is 9.97 Å². The number of carbonyl (C=O) groups is 1. The minimum atomic E-state index is 0.104. The van der Waals surface area contributed by atoms with Gasteiger partial charge in [-0.2, -0.15) is 0 Å². The molecular formula is C26H30N4O4S. The number of thioether (sulfide) groups is 1. The third-order valence-corrected chi connectivity index (χ3v) is 7.46. The number of hydrogen-bond acceptors (Lipinski definition) is 8. The first-order chi connectivity index (χ1) is 17.1. The Bertz CT molecular complexity index is 1220. The molecule has 2 aliphatic heterocycles. The normalized spacial score (nSPS) is 16.2. The number of fused-ring (bicyclic) bond motifs is 2. The molecule has 0 spiro atoms. The maximum atomic E-state index is 13.2. The smallest absolute Gasteiger partial charge is 0.233 e. The molecule has 3 aromatic rings. The van der Waals surface area contributed by atoms with Crippen LogP contribution < -0.4 is 9.47 Å². The molecular weight excluding hydrogens is 464 g/mol. The van der Waals surface area contributed by atoms with Crippen molar-refractivity contribution >= 4 is 28.6 Å². The largest absolute Gasteiger partial charge is 0.493 e. The van der Waals surface area contributed by atoms with Crippen LogP contribution in [-0.4, -0.2) is 78.5 Å². The van der Waals surface area contributed by atoms with Crippen LogP contribution >= 0.6 is 11.8 Å². The lowest BCUT2D eigenvalue weighted by molar-refractivity contribution is -0.129. The molecule has 1 aromatic heterocycles. The average Bonchev–Trinajstić information content (AvgIpc) is 2.90. The Kier molecular flexibility index (Phi) is 7.36. The number of morpholine rings is 1. The van der Waals surface area contributed by atoms with Gasteiger partial charge in [0.25, 0.3) is 0 Å². The maximum absolute atomic E-state index is 13.2. The molecule has 2 aliphatic rings. The number of hydrogen-bond donors (Lipinski definition) is 0. The van der Waals surface area contributed by atoms with Crippen molar-refractivity contribution in [3.05, 3.63) is 53.3 Å². The van der Waals surface area contributed by atoms with Crippen molar-refractivity contribution in [3.63, 3.8) is 0 Å². The molecule has 0 atom stereocenters. The second kappa shape index (κ2) is 10.8. The Hall–Kier alpha value is -2.88. The molecule has 0 saturated carbocycles. The zero-order valence-corrected chi connectivity index (χ0v) is 21.0. The van der Waals surface area contributed by atoms with Crippen LogP contribution in [0.5, 0.6) is 11.5 Å². The standard InChI is InChI=1S/C26H30N4O4S/c1-32-22-13-18-7-8-30(15-19(18)14-23(22)33-2)25(31)17-35-26-20-5-3-4-6-21(20)27-24(28-26)16-29-9-11-34-12-10-29/h3-6,13-14H,7-12,15-17H2,1-2H3.